The minimum absolute atomic E-state index is 0.148. The van der Waals surface area contributed by atoms with Crippen LogP contribution >= 0.6 is 0 Å². The summed E-state index contributed by atoms with van der Waals surface area (Å²) in [5.74, 6) is -0.474. The van der Waals surface area contributed by atoms with Crippen LogP contribution in [0, 0.1) is 0 Å². The fourth-order valence-electron chi connectivity index (χ4n) is 2.36. The number of ether oxygens (including phenoxy) is 2. The quantitative estimate of drug-likeness (QED) is 0.694. The third-order valence-corrected chi connectivity index (χ3v) is 3.97. The van der Waals surface area contributed by atoms with Gasteiger partial charge in [0.1, 0.15) is 0 Å². The van der Waals surface area contributed by atoms with Gasteiger partial charge in [-0.25, -0.2) is 4.79 Å². The highest BCUT2D eigenvalue weighted by atomic mass is 16.5. The number of hydrogen-bond donors (Lipinski definition) is 1. The molecule has 0 aromatic heterocycles. The van der Waals surface area contributed by atoms with Crippen LogP contribution in [0.1, 0.15) is 55.1 Å². The summed E-state index contributed by atoms with van der Waals surface area (Å²) >= 11 is 0. The molecule has 1 N–H and O–H groups in total. The molecule has 0 fully saturated rings. The molecule has 0 saturated carbocycles. The van der Waals surface area contributed by atoms with Crippen molar-refractivity contribution in [2.24, 2.45) is 0 Å². The first-order chi connectivity index (χ1) is 12.8. The molecule has 0 saturated heterocycles. The zero-order valence-corrected chi connectivity index (χ0v) is 16.3. The van der Waals surface area contributed by atoms with Crippen molar-refractivity contribution in [2.45, 2.75) is 46.3 Å². The van der Waals surface area contributed by atoms with Crippen LogP contribution in [-0.4, -0.2) is 24.6 Å². The van der Waals surface area contributed by atoms with Crippen LogP contribution in [0.4, 0.5) is 5.69 Å². The van der Waals surface area contributed by atoms with Crippen LogP contribution in [-0.2, 0) is 20.9 Å². The fourth-order valence-corrected chi connectivity index (χ4v) is 2.36. The third kappa shape index (κ3) is 6.87. The van der Waals surface area contributed by atoms with E-state index in [1.807, 2.05) is 50.2 Å². The van der Waals surface area contributed by atoms with Crippen molar-refractivity contribution in [3.8, 4) is 0 Å². The Labute approximate surface area is 160 Å². The van der Waals surface area contributed by atoms with Gasteiger partial charge in [0, 0.05) is 5.69 Å². The first-order valence-electron chi connectivity index (χ1n) is 9.12. The van der Waals surface area contributed by atoms with Gasteiger partial charge < -0.3 is 14.8 Å². The van der Waals surface area contributed by atoms with Gasteiger partial charge in [-0.1, -0.05) is 38.1 Å². The van der Waals surface area contributed by atoms with Crippen LogP contribution in [0.5, 0.6) is 0 Å². The Morgan fingerprint density at radius 2 is 1.56 bits per heavy atom. The van der Waals surface area contributed by atoms with Gasteiger partial charge in [-0.05, 0) is 55.2 Å². The van der Waals surface area contributed by atoms with Gasteiger partial charge in [-0.2, -0.15) is 0 Å². The van der Waals surface area contributed by atoms with Crippen LogP contribution in [0.15, 0.2) is 48.5 Å². The highest BCUT2D eigenvalue weighted by molar-refractivity contribution is 5.95. The number of rotatable bonds is 8. The van der Waals surface area contributed by atoms with Crippen molar-refractivity contribution in [2.75, 3.05) is 11.9 Å². The number of carbonyl (C=O) groups excluding carboxylic acids is 2. The van der Waals surface area contributed by atoms with Crippen molar-refractivity contribution in [3.05, 3.63) is 65.2 Å². The fraction of sp³-hybridized carbons (Fsp3) is 0.364. The molecule has 0 aliphatic heterocycles. The molecule has 1 amide bonds. The van der Waals surface area contributed by atoms with E-state index in [0.717, 1.165) is 5.56 Å². The Bertz CT molecular complexity index is 749. The summed E-state index contributed by atoms with van der Waals surface area (Å²) in [6.45, 7) is 8.31. The van der Waals surface area contributed by atoms with E-state index in [9.17, 15) is 9.59 Å². The van der Waals surface area contributed by atoms with Gasteiger partial charge in [-0.3, -0.25) is 4.79 Å². The summed E-state index contributed by atoms with van der Waals surface area (Å²) in [7, 11) is 0. The molecule has 5 heteroatoms. The molecule has 0 spiro atoms. The highest BCUT2D eigenvalue weighted by Crippen LogP contribution is 2.17. The van der Waals surface area contributed by atoms with Crippen LogP contribution < -0.4 is 5.32 Å². The Hall–Kier alpha value is -2.66. The van der Waals surface area contributed by atoms with Crippen molar-refractivity contribution >= 4 is 17.6 Å². The number of esters is 1. The van der Waals surface area contributed by atoms with E-state index in [-0.39, 0.29) is 18.6 Å². The van der Waals surface area contributed by atoms with E-state index in [4.69, 9.17) is 9.47 Å². The first-order valence-corrected chi connectivity index (χ1v) is 9.12. The van der Waals surface area contributed by atoms with Crippen molar-refractivity contribution < 1.29 is 19.1 Å². The molecule has 0 heterocycles. The number of carbonyl (C=O) groups is 2. The maximum atomic E-state index is 12.1. The zero-order chi connectivity index (χ0) is 19.8. The molecule has 0 aliphatic carbocycles. The molecular weight excluding hydrogens is 342 g/mol. The lowest BCUT2D eigenvalue weighted by molar-refractivity contribution is -0.119. The minimum Gasteiger partial charge on any atom is -0.452 e. The highest BCUT2D eigenvalue weighted by Gasteiger charge is 2.11. The maximum absolute atomic E-state index is 12.1. The zero-order valence-electron chi connectivity index (χ0n) is 16.3. The smallest absolute Gasteiger partial charge is 0.338 e. The molecule has 5 nitrogen and oxygen atoms in total. The molecular formula is C22H27NO4. The van der Waals surface area contributed by atoms with Crippen LogP contribution in [0.25, 0.3) is 0 Å². The molecule has 0 aliphatic rings. The average molecular weight is 369 g/mol. The second-order valence-electron chi connectivity index (χ2n) is 6.96. The second-order valence-corrected chi connectivity index (χ2v) is 6.96. The van der Waals surface area contributed by atoms with Gasteiger partial charge in [0.2, 0.25) is 0 Å². The number of benzene rings is 2. The third-order valence-electron chi connectivity index (χ3n) is 3.97. The van der Waals surface area contributed by atoms with Gasteiger partial charge >= 0.3 is 5.97 Å². The van der Waals surface area contributed by atoms with Crippen LogP contribution in [0.3, 0.4) is 0 Å². The monoisotopic (exact) mass is 369 g/mol. The predicted octanol–water partition coefficient (Wildman–Crippen LogP) is 4.53. The standard InChI is InChI=1S/C22H27NO4/c1-15(2)18-9-11-20(12-10-18)23-21(24)14-27-22(25)19-7-5-17(6-8-19)13-26-16(3)4/h5-12,15-16H,13-14H2,1-4H3,(H,23,24). The Balaban J connectivity index is 1.81. The SMILES string of the molecule is CC(C)OCc1ccc(C(=O)OCC(=O)Nc2ccc(C(C)C)cc2)cc1. The van der Waals surface area contributed by atoms with Gasteiger partial charge in [0.15, 0.2) is 6.61 Å². The number of anilines is 1. The molecule has 0 atom stereocenters. The molecule has 2 aromatic rings. The van der Waals surface area contributed by atoms with Crippen molar-refractivity contribution in [1.29, 1.82) is 0 Å². The van der Waals surface area contributed by atoms with Gasteiger partial charge in [0.25, 0.3) is 5.91 Å². The number of amides is 1. The summed E-state index contributed by atoms with van der Waals surface area (Å²) in [6.07, 6.45) is 0.148. The van der Waals surface area contributed by atoms with E-state index >= 15 is 0 Å². The van der Waals surface area contributed by atoms with Gasteiger partial charge in [-0.15, -0.1) is 0 Å². The van der Waals surface area contributed by atoms with E-state index in [0.29, 0.717) is 23.8 Å². The molecule has 2 rings (SSSR count). The molecule has 0 radical (unpaired) electrons. The van der Waals surface area contributed by atoms with E-state index in [1.54, 1.807) is 12.1 Å². The topological polar surface area (TPSA) is 64.6 Å². The average Bonchev–Trinajstić information content (AvgIpc) is 2.65. The molecule has 2 aromatic carbocycles. The van der Waals surface area contributed by atoms with Gasteiger partial charge in [0.05, 0.1) is 18.3 Å². The summed E-state index contributed by atoms with van der Waals surface area (Å²) in [6, 6.07) is 14.6. The lowest BCUT2D eigenvalue weighted by atomic mass is 10.0. The lowest BCUT2D eigenvalue weighted by Crippen LogP contribution is -2.21. The summed E-state index contributed by atoms with van der Waals surface area (Å²) in [5, 5.41) is 2.72. The Morgan fingerprint density at radius 3 is 2.11 bits per heavy atom. The maximum Gasteiger partial charge on any atom is 0.338 e. The van der Waals surface area contributed by atoms with Crippen LogP contribution in [0.2, 0.25) is 0 Å². The normalized spacial score (nSPS) is 10.9. The van der Waals surface area contributed by atoms with E-state index in [1.165, 1.54) is 5.56 Å². The lowest BCUT2D eigenvalue weighted by Gasteiger charge is -2.10. The largest absolute Gasteiger partial charge is 0.452 e. The number of nitrogens with one attached hydrogen (secondary N) is 1. The molecule has 0 unspecified atom stereocenters. The second kappa shape index (κ2) is 9.88. The molecule has 144 valence electrons. The predicted molar refractivity (Wildman–Crippen MR) is 106 cm³/mol. The Kier molecular flexibility index (Phi) is 7.55. The first kappa shape index (κ1) is 20.6. The summed E-state index contributed by atoms with van der Waals surface area (Å²) < 4.78 is 10.6. The Morgan fingerprint density at radius 1 is 0.926 bits per heavy atom. The minimum atomic E-state index is -0.531. The summed E-state index contributed by atoms with van der Waals surface area (Å²) in [4.78, 5) is 24.0. The van der Waals surface area contributed by atoms with Crippen molar-refractivity contribution in [1.82, 2.24) is 0 Å². The van der Waals surface area contributed by atoms with E-state index < -0.39 is 5.97 Å². The summed E-state index contributed by atoms with van der Waals surface area (Å²) in [5.41, 5.74) is 3.25. The molecule has 27 heavy (non-hydrogen) atoms. The van der Waals surface area contributed by atoms with E-state index in [2.05, 4.69) is 19.2 Å². The number of hydrogen-bond acceptors (Lipinski definition) is 4. The van der Waals surface area contributed by atoms with Crippen molar-refractivity contribution in [3.63, 3.8) is 0 Å². The molecule has 0 bridgehead atoms.